The summed E-state index contributed by atoms with van der Waals surface area (Å²) in [5.41, 5.74) is -0.463. The van der Waals surface area contributed by atoms with E-state index < -0.39 is 5.54 Å². The van der Waals surface area contributed by atoms with Crippen molar-refractivity contribution in [2.24, 2.45) is 10.9 Å². The third-order valence-corrected chi connectivity index (χ3v) is 5.34. The van der Waals surface area contributed by atoms with E-state index in [2.05, 4.69) is 17.6 Å². The van der Waals surface area contributed by atoms with Crippen LogP contribution in [0.15, 0.2) is 4.99 Å². The second kappa shape index (κ2) is 8.25. The van der Waals surface area contributed by atoms with Crippen LogP contribution in [0, 0.1) is 5.92 Å². The van der Waals surface area contributed by atoms with Crippen LogP contribution in [-0.4, -0.2) is 43.1 Å². The van der Waals surface area contributed by atoms with E-state index >= 15 is 0 Å². The zero-order valence-electron chi connectivity index (χ0n) is 13.7. The highest BCUT2D eigenvalue weighted by Crippen LogP contribution is 2.33. The molecule has 0 bridgehead atoms. The quantitative estimate of drug-likeness (QED) is 0.765. The van der Waals surface area contributed by atoms with Gasteiger partial charge in [-0.3, -0.25) is 9.79 Å². The number of carbonyl (C=O) groups is 1. The Hall–Kier alpha value is -0.940. The Kier molecular flexibility index (Phi) is 6.60. The first-order valence-electron chi connectivity index (χ1n) is 8.97. The maximum atomic E-state index is 12.4. The van der Waals surface area contributed by atoms with Gasteiger partial charge in [-0.1, -0.05) is 20.8 Å². The minimum Gasteiger partial charge on any atom is -0.378 e. The van der Waals surface area contributed by atoms with Gasteiger partial charge in [-0.2, -0.15) is 0 Å². The lowest BCUT2D eigenvalue weighted by atomic mass is 9.86. The molecule has 0 aromatic carbocycles. The Labute approximate surface area is 140 Å². The van der Waals surface area contributed by atoms with Crippen LogP contribution in [0.25, 0.3) is 0 Å². The summed E-state index contributed by atoms with van der Waals surface area (Å²) in [6, 6.07) is 0. The third kappa shape index (κ3) is 4.13. The van der Waals surface area contributed by atoms with Crippen molar-refractivity contribution < 1.29 is 9.53 Å². The average Bonchev–Trinajstić information content (AvgIpc) is 2.86. The zero-order chi connectivity index (χ0) is 15.4. The molecule has 3 aliphatic rings. The summed E-state index contributed by atoms with van der Waals surface area (Å²) in [5, 5.41) is 6.41. The fraction of sp³-hybridized carbons (Fsp3) is 0.889. The number of piperidine rings is 1. The molecule has 0 atom stereocenters. The smallest absolute Gasteiger partial charge is 0.253 e. The van der Waals surface area contributed by atoms with Crippen molar-refractivity contribution in [2.45, 2.75) is 77.4 Å². The van der Waals surface area contributed by atoms with Crippen LogP contribution in [-0.2, 0) is 9.53 Å². The molecular weight excluding hydrogens is 290 g/mol. The molecule has 2 heterocycles. The van der Waals surface area contributed by atoms with Gasteiger partial charge in [-0.15, -0.1) is 0 Å². The molecule has 1 saturated heterocycles. The lowest BCUT2D eigenvalue weighted by Gasteiger charge is -2.29. The number of hydrogen-bond donors (Lipinski definition) is 2. The molecule has 2 fully saturated rings. The predicted molar refractivity (Wildman–Crippen MR) is 93.7 cm³/mol. The number of hydrogen-bond acceptors (Lipinski definition) is 4. The highest BCUT2D eigenvalue weighted by atomic mass is 16.5. The van der Waals surface area contributed by atoms with E-state index in [9.17, 15) is 4.79 Å². The molecule has 1 amide bonds. The molecule has 0 radical (unpaired) electrons. The molecule has 132 valence electrons. The van der Waals surface area contributed by atoms with Crippen LogP contribution in [0.5, 0.6) is 0 Å². The highest BCUT2D eigenvalue weighted by Gasteiger charge is 2.45. The van der Waals surface area contributed by atoms with Crippen LogP contribution in [0.4, 0.5) is 0 Å². The van der Waals surface area contributed by atoms with Crippen LogP contribution < -0.4 is 10.6 Å². The van der Waals surface area contributed by atoms with Gasteiger partial charge in [0.15, 0.2) is 0 Å². The first-order valence-corrected chi connectivity index (χ1v) is 8.97. The number of carbonyl (C=O) groups excluding carboxylic acids is 1. The summed E-state index contributed by atoms with van der Waals surface area (Å²) < 4.78 is 5.93. The van der Waals surface area contributed by atoms with Crippen molar-refractivity contribution in [3.05, 3.63) is 0 Å². The molecule has 2 aliphatic heterocycles. The lowest BCUT2D eigenvalue weighted by Crippen LogP contribution is -2.47. The van der Waals surface area contributed by atoms with E-state index in [4.69, 9.17) is 9.73 Å². The van der Waals surface area contributed by atoms with Gasteiger partial charge in [-0.05, 0) is 58.0 Å². The molecule has 5 nitrogen and oxygen atoms in total. The van der Waals surface area contributed by atoms with Crippen LogP contribution in [0.1, 0.15) is 65.7 Å². The molecule has 0 aromatic rings. The van der Waals surface area contributed by atoms with Crippen LogP contribution >= 0.6 is 0 Å². The second-order valence-corrected chi connectivity index (χ2v) is 6.93. The molecule has 2 N–H and O–H groups in total. The number of nitrogens with zero attached hydrogens (tertiary/aromatic N) is 1. The van der Waals surface area contributed by atoms with Gasteiger partial charge >= 0.3 is 0 Å². The fourth-order valence-corrected chi connectivity index (χ4v) is 3.81. The van der Waals surface area contributed by atoms with Gasteiger partial charge in [0.05, 0.1) is 6.10 Å². The van der Waals surface area contributed by atoms with Crippen LogP contribution in [0.2, 0.25) is 0 Å². The number of rotatable bonds is 5. The topological polar surface area (TPSA) is 62.7 Å². The third-order valence-electron chi connectivity index (χ3n) is 5.34. The molecule has 0 aromatic heterocycles. The summed E-state index contributed by atoms with van der Waals surface area (Å²) in [7, 11) is 0. The minimum atomic E-state index is -0.463. The van der Waals surface area contributed by atoms with E-state index in [1.54, 1.807) is 0 Å². The summed E-state index contributed by atoms with van der Waals surface area (Å²) in [4.78, 5) is 17.2. The maximum Gasteiger partial charge on any atom is 0.253 e. The summed E-state index contributed by atoms with van der Waals surface area (Å²) >= 11 is 0. The first kappa shape index (κ1) is 18.4. The van der Waals surface area contributed by atoms with Gasteiger partial charge in [0.25, 0.3) is 5.91 Å². The summed E-state index contributed by atoms with van der Waals surface area (Å²) in [6.07, 6.45) is 8.78. The SMILES string of the molecule is C.CCCCOC1CCC(C2=NC3(CCNCC3)C(=O)N2)CC1. The lowest BCUT2D eigenvalue weighted by molar-refractivity contribution is -0.124. The van der Waals surface area contributed by atoms with Gasteiger partial charge in [-0.25, -0.2) is 0 Å². The summed E-state index contributed by atoms with van der Waals surface area (Å²) in [5.74, 6) is 1.51. The Bertz CT molecular complexity index is 422. The number of ether oxygens (including phenoxy) is 1. The van der Waals surface area contributed by atoms with E-state index in [-0.39, 0.29) is 13.3 Å². The molecule has 23 heavy (non-hydrogen) atoms. The number of nitrogens with one attached hydrogen (secondary N) is 2. The van der Waals surface area contributed by atoms with Crippen LogP contribution in [0.3, 0.4) is 0 Å². The fourth-order valence-electron chi connectivity index (χ4n) is 3.81. The van der Waals surface area contributed by atoms with E-state index in [1.807, 2.05) is 0 Å². The van der Waals surface area contributed by atoms with E-state index in [1.165, 1.54) is 6.42 Å². The highest BCUT2D eigenvalue weighted by molar-refractivity contribution is 6.09. The van der Waals surface area contributed by atoms with Gasteiger partial charge in [0.1, 0.15) is 11.4 Å². The van der Waals surface area contributed by atoms with Gasteiger partial charge in [0, 0.05) is 12.5 Å². The Morgan fingerprint density at radius 3 is 2.57 bits per heavy atom. The second-order valence-electron chi connectivity index (χ2n) is 6.93. The number of amidine groups is 1. The molecule has 1 saturated carbocycles. The van der Waals surface area contributed by atoms with E-state index in [0.717, 1.165) is 70.5 Å². The zero-order valence-corrected chi connectivity index (χ0v) is 13.7. The average molecular weight is 323 g/mol. The molecule has 5 heteroatoms. The molecular formula is C18H33N3O2. The van der Waals surface area contributed by atoms with Crippen molar-refractivity contribution in [2.75, 3.05) is 19.7 Å². The first-order chi connectivity index (χ1) is 10.7. The van der Waals surface area contributed by atoms with Crippen molar-refractivity contribution in [1.82, 2.24) is 10.6 Å². The van der Waals surface area contributed by atoms with Crippen molar-refractivity contribution in [3.63, 3.8) is 0 Å². The normalized spacial score (nSPS) is 29.8. The minimum absolute atomic E-state index is 0. The Morgan fingerprint density at radius 1 is 1.22 bits per heavy atom. The van der Waals surface area contributed by atoms with Crippen molar-refractivity contribution in [1.29, 1.82) is 0 Å². The molecule has 0 unspecified atom stereocenters. The molecule has 1 aliphatic carbocycles. The Balaban J connectivity index is 0.00000192. The standard InChI is InChI=1S/C17H29N3O2.CH4/c1-2-3-12-22-14-6-4-13(5-7-14)15-19-16(21)17(20-15)8-10-18-11-9-17;/h13-14,18H,2-12H2,1H3,(H,19,20,21);1H4. The maximum absolute atomic E-state index is 12.4. The van der Waals surface area contributed by atoms with Crippen molar-refractivity contribution in [3.8, 4) is 0 Å². The predicted octanol–water partition coefficient (Wildman–Crippen LogP) is 2.65. The largest absolute Gasteiger partial charge is 0.378 e. The molecule has 3 rings (SSSR count). The molecule has 1 spiro atoms. The Morgan fingerprint density at radius 2 is 1.91 bits per heavy atom. The monoisotopic (exact) mass is 323 g/mol. The number of amides is 1. The van der Waals surface area contributed by atoms with E-state index in [0.29, 0.717) is 12.0 Å². The number of aliphatic imine (C=N–C) groups is 1. The van der Waals surface area contributed by atoms with Crippen molar-refractivity contribution >= 4 is 11.7 Å². The number of unbranched alkanes of at least 4 members (excludes halogenated alkanes) is 1. The van der Waals surface area contributed by atoms with Gasteiger partial charge < -0.3 is 15.4 Å². The van der Waals surface area contributed by atoms with Gasteiger partial charge in [0.2, 0.25) is 0 Å². The summed E-state index contributed by atoms with van der Waals surface area (Å²) in [6.45, 7) is 4.86.